The molecule has 1 saturated carbocycles. The minimum Gasteiger partial charge on any atom is -0.384 e. The average Bonchev–Trinajstić information content (AvgIpc) is 3.03. The zero-order valence-corrected chi connectivity index (χ0v) is 10.7. The number of aromatic nitrogens is 2. The molecule has 1 fully saturated rings. The monoisotopic (exact) mass is 221 g/mol. The van der Waals surface area contributed by atoms with Crippen molar-refractivity contribution in [2.75, 3.05) is 5.73 Å². The van der Waals surface area contributed by atoms with Crippen molar-refractivity contribution in [2.45, 2.75) is 64.8 Å². The third-order valence-corrected chi connectivity index (χ3v) is 3.51. The normalized spacial score (nSPS) is 17.7. The molecule has 2 rings (SSSR count). The largest absolute Gasteiger partial charge is 0.384 e. The van der Waals surface area contributed by atoms with Crippen LogP contribution in [0.4, 0.5) is 5.82 Å². The highest BCUT2D eigenvalue weighted by Gasteiger charge is 2.31. The van der Waals surface area contributed by atoms with Crippen LogP contribution in [0.15, 0.2) is 0 Å². The van der Waals surface area contributed by atoms with Crippen molar-refractivity contribution in [1.29, 1.82) is 0 Å². The summed E-state index contributed by atoms with van der Waals surface area (Å²) < 4.78 is 2.21. The average molecular weight is 221 g/mol. The Labute approximate surface area is 98.1 Å². The summed E-state index contributed by atoms with van der Waals surface area (Å²) in [5.41, 5.74) is 7.34. The number of rotatable bonds is 5. The third-order valence-electron chi connectivity index (χ3n) is 3.51. The van der Waals surface area contributed by atoms with Crippen LogP contribution in [0.25, 0.3) is 0 Å². The summed E-state index contributed by atoms with van der Waals surface area (Å²) in [4.78, 5) is 4.80. The van der Waals surface area contributed by atoms with Gasteiger partial charge >= 0.3 is 0 Å². The summed E-state index contributed by atoms with van der Waals surface area (Å²) in [6, 6.07) is 0. The van der Waals surface area contributed by atoms with Crippen molar-refractivity contribution >= 4 is 5.82 Å². The van der Waals surface area contributed by atoms with Gasteiger partial charge in [-0.3, -0.25) is 0 Å². The Morgan fingerprint density at radius 3 is 2.62 bits per heavy atom. The number of nitrogens with zero attached hydrogens (tertiary/aromatic N) is 2. The second kappa shape index (κ2) is 4.48. The Bertz CT molecular complexity index is 363. The molecule has 1 aliphatic rings. The summed E-state index contributed by atoms with van der Waals surface area (Å²) in [5, 5.41) is 0. The Hall–Kier alpha value is -0.990. The highest BCUT2D eigenvalue weighted by atomic mass is 15.1. The first-order valence-corrected chi connectivity index (χ1v) is 6.54. The highest BCUT2D eigenvalue weighted by molar-refractivity contribution is 5.41. The van der Waals surface area contributed by atoms with Gasteiger partial charge in [0.15, 0.2) is 0 Å². The van der Waals surface area contributed by atoms with Gasteiger partial charge in [0.25, 0.3) is 0 Å². The number of nitrogen functional groups attached to an aromatic ring is 1. The maximum atomic E-state index is 6.21. The van der Waals surface area contributed by atoms with E-state index in [9.17, 15) is 0 Å². The van der Waals surface area contributed by atoms with E-state index in [4.69, 9.17) is 10.7 Å². The second-order valence-corrected chi connectivity index (χ2v) is 4.95. The predicted octanol–water partition coefficient (Wildman–Crippen LogP) is 3.27. The molecule has 0 aromatic carbocycles. The molecule has 0 saturated heterocycles. The second-order valence-electron chi connectivity index (χ2n) is 4.95. The summed E-state index contributed by atoms with van der Waals surface area (Å²) in [7, 11) is 0. The molecule has 1 unspecified atom stereocenters. The Balaban J connectivity index is 2.31. The van der Waals surface area contributed by atoms with Crippen LogP contribution in [-0.4, -0.2) is 9.55 Å². The minimum absolute atomic E-state index is 0.496. The van der Waals surface area contributed by atoms with Gasteiger partial charge in [-0.2, -0.15) is 0 Å². The van der Waals surface area contributed by atoms with E-state index in [1.54, 1.807) is 0 Å². The van der Waals surface area contributed by atoms with E-state index in [-0.39, 0.29) is 0 Å². The predicted molar refractivity (Wildman–Crippen MR) is 67.6 cm³/mol. The van der Waals surface area contributed by atoms with Crippen molar-refractivity contribution in [3.63, 3.8) is 0 Å². The van der Waals surface area contributed by atoms with Gasteiger partial charge in [0.2, 0.25) is 0 Å². The van der Waals surface area contributed by atoms with Crippen LogP contribution in [0.5, 0.6) is 0 Å². The number of hydrogen-bond donors (Lipinski definition) is 1. The summed E-state index contributed by atoms with van der Waals surface area (Å²) >= 11 is 0. The molecule has 0 radical (unpaired) electrons. The summed E-state index contributed by atoms with van der Waals surface area (Å²) in [6.45, 7) is 7.55. The SMILES string of the molecule is CCCC(C)c1nc(C2CC2)n(CC)c1N. The van der Waals surface area contributed by atoms with Gasteiger partial charge in [0, 0.05) is 18.4 Å². The molecule has 1 aromatic heterocycles. The molecule has 0 bridgehead atoms. The van der Waals surface area contributed by atoms with Gasteiger partial charge in [-0.05, 0) is 26.2 Å². The molecule has 1 atom stereocenters. The van der Waals surface area contributed by atoms with Crippen molar-refractivity contribution < 1.29 is 0 Å². The van der Waals surface area contributed by atoms with Crippen molar-refractivity contribution in [3.05, 3.63) is 11.5 Å². The van der Waals surface area contributed by atoms with E-state index in [1.165, 1.54) is 31.5 Å². The maximum absolute atomic E-state index is 6.21. The van der Waals surface area contributed by atoms with Crippen molar-refractivity contribution in [1.82, 2.24) is 9.55 Å². The first kappa shape index (κ1) is 11.5. The lowest BCUT2D eigenvalue weighted by Gasteiger charge is -2.08. The first-order valence-electron chi connectivity index (χ1n) is 6.54. The van der Waals surface area contributed by atoms with Gasteiger partial charge in [0.05, 0.1) is 5.69 Å². The van der Waals surface area contributed by atoms with Crippen LogP contribution in [0.1, 0.15) is 69.8 Å². The number of anilines is 1. The van der Waals surface area contributed by atoms with Crippen LogP contribution in [-0.2, 0) is 6.54 Å². The zero-order chi connectivity index (χ0) is 11.7. The molecule has 16 heavy (non-hydrogen) atoms. The standard InChI is InChI=1S/C13H23N3/c1-4-6-9(3)11-12(14)16(5-2)13(15-11)10-7-8-10/h9-10H,4-8,14H2,1-3H3. The lowest BCUT2D eigenvalue weighted by atomic mass is 10.0. The minimum atomic E-state index is 0.496. The molecule has 1 aromatic rings. The molecule has 1 heterocycles. The zero-order valence-electron chi connectivity index (χ0n) is 10.7. The van der Waals surface area contributed by atoms with Crippen molar-refractivity contribution in [2.24, 2.45) is 0 Å². The van der Waals surface area contributed by atoms with Crippen LogP contribution < -0.4 is 5.73 Å². The quantitative estimate of drug-likeness (QED) is 0.829. The molecule has 0 amide bonds. The van der Waals surface area contributed by atoms with E-state index >= 15 is 0 Å². The van der Waals surface area contributed by atoms with Crippen LogP contribution in [0, 0.1) is 0 Å². The van der Waals surface area contributed by atoms with Gasteiger partial charge in [-0.1, -0.05) is 20.3 Å². The van der Waals surface area contributed by atoms with Crippen LogP contribution in [0.2, 0.25) is 0 Å². The smallest absolute Gasteiger partial charge is 0.127 e. The van der Waals surface area contributed by atoms with Gasteiger partial charge in [0.1, 0.15) is 11.6 Å². The summed E-state index contributed by atoms with van der Waals surface area (Å²) in [5.74, 6) is 3.32. The lowest BCUT2D eigenvalue weighted by Crippen LogP contribution is -2.05. The number of hydrogen-bond acceptors (Lipinski definition) is 2. The number of imidazole rings is 1. The topological polar surface area (TPSA) is 43.8 Å². The fourth-order valence-electron chi connectivity index (χ4n) is 2.42. The molecule has 3 heteroatoms. The Morgan fingerprint density at radius 1 is 1.44 bits per heavy atom. The molecule has 0 spiro atoms. The molecular formula is C13H23N3. The third kappa shape index (κ3) is 1.95. The molecule has 2 N–H and O–H groups in total. The van der Waals surface area contributed by atoms with E-state index in [2.05, 4.69) is 25.3 Å². The first-order chi connectivity index (χ1) is 7.69. The molecule has 0 aliphatic heterocycles. The summed E-state index contributed by atoms with van der Waals surface area (Å²) in [6.07, 6.45) is 4.95. The lowest BCUT2D eigenvalue weighted by molar-refractivity contribution is 0.650. The van der Waals surface area contributed by atoms with E-state index in [1.807, 2.05) is 0 Å². The van der Waals surface area contributed by atoms with Gasteiger partial charge < -0.3 is 10.3 Å². The van der Waals surface area contributed by atoms with Crippen LogP contribution in [0.3, 0.4) is 0 Å². The van der Waals surface area contributed by atoms with E-state index in [0.717, 1.165) is 18.1 Å². The van der Waals surface area contributed by atoms with Gasteiger partial charge in [-0.25, -0.2) is 4.98 Å². The fourth-order valence-corrected chi connectivity index (χ4v) is 2.42. The van der Waals surface area contributed by atoms with E-state index < -0.39 is 0 Å². The number of nitrogens with two attached hydrogens (primary N) is 1. The maximum Gasteiger partial charge on any atom is 0.127 e. The highest BCUT2D eigenvalue weighted by Crippen LogP contribution is 2.41. The van der Waals surface area contributed by atoms with Gasteiger partial charge in [-0.15, -0.1) is 0 Å². The molecule has 1 aliphatic carbocycles. The molecular weight excluding hydrogens is 198 g/mol. The van der Waals surface area contributed by atoms with Crippen molar-refractivity contribution in [3.8, 4) is 0 Å². The molecule has 90 valence electrons. The fraction of sp³-hybridized carbons (Fsp3) is 0.769. The Morgan fingerprint density at radius 2 is 2.12 bits per heavy atom. The van der Waals surface area contributed by atoms with Crippen LogP contribution >= 0.6 is 0 Å². The van der Waals surface area contributed by atoms with E-state index in [0.29, 0.717) is 11.8 Å². The molecule has 3 nitrogen and oxygen atoms in total. The Kier molecular flexibility index (Phi) is 3.22.